The first kappa shape index (κ1) is 12.9. The highest BCUT2D eigenvalue weighted by Gasteiger charge is 2.21. The fraction of sp³-hybridized carbons (Fsp3) is 0.235. The van der Waals surface area contributed by atoms with Crippen molar-refractivity contribution in [3.63, 3.8) is 0 Å². The Balaban J connectivity index is 2.08. The minimum Gasteiger partial charge on any atom is -0.372 e. The van der Waals surface area contributed by atoms with E-state index in [1.165, 1.54) is 16.7 Å². The van der Waals surface area contributed by atoms with Crippen molar-refractivity contribution in [2.45, 2.75) is 12.5 Å². The first-order chi connectivity index (χ1) is 9.83. The molecule has 2 aromatic carbocycles. The molecule has 0 aliphatic carbocycles. The van der Waals surface area contributed by atoms with Gasteiger partial charge >= 0.3 is 0 Å². The zero-order valence-corrected chi connectivity index (χ0v) is 11.2. The van der Waals surface area contributed by atoms with Crippen LogP contribution in [0.1, 0.15) is 22.8 Å². The van der Waals surface area contributed by atoms with Crippen LogP contribution in [0.2, 0.25) is 0 Å². The highest BCUT2D eigenvalue weighted by molar-refractivity contribution is 5.70. The average Bonchev–Trinajstić information content (AvgIpc) is 2.54. The number of hydrogen-bond acceptors (Lipinski definition) is 3. The second-order valence-electron chi connectivity index (χ2n) is 4.91. The molecule has 0 spiro atoms. The number of rotatable bonds is 2. The Morgan fingerprint density at radius 3 is 2.70 bits per heavy atom. The van der Waals surface area contributed by atoms with Gasteiger partial charge in [-0.15, -0.1) is 0 Å². The Morgan fingerprint density at radius 1 is 1.20 bits per heavy atom. The summed E-state index contributed by atoms with van der Waals surface area (Å²) in [5.74, 6) is 0. The molecule has 3 rings (SSSR count). The lowest BCUT2D eigenvalue weighted by atomic mass is 9.89. The highest BCUT2D eigenvalue weighted by Crippen LogP contribution is 2.34. The van der Waals surface area contributed by atoms with Gasteiger partial charge in [-0.2, -0.15) is 5.26 Å². The lowest BCUT2D eigenvalue weighted by Crippen LogP contribution is -2.23. The van der Waals surface area contributed by atoms with E-state index in [2.05, 4.69) is 18.2 Å². The van der Waals surface area contributed by atoms with E-state index in [0.29, 0.717) is 18.7 Å². The summed E-state index contributed by atoms with van der Waals surface area (Å²) < 4.78 is 5.71. The molecule has 0 radical (unpaired) electrons. The third-order valence-corrected chi connectivity index (χ3v) is 3.77. The SMILES string of the molecule is N#Cc1ccc(-c2cccc3c2CCO[C@H]3CN)cc1. The molecule has 20 heavy (non-hydrogen) atoms. The van der Waals surface area contributed by atoms with Gasteiger partial charge in [-0.25, -0.2) is 0 Å². The zero-order valence-electron chi connectivity index (χ0n) is 11.2. The number of nitrogens with two attached hydrogens (primary N) is 1. The Hall–Kier alpha value is -2.15. The molecule has 2 N–H and O–H groups in total. The number of nitriles is 1. The van der Waals surface area contributed by atoms with E-state index >= 15 is 0 Å². The summed E-state index contributed by atoms with van der Waals surface area (Å²) in [5.41, 5.74) is 11.3. The third-order valence-electron chi connectivity index (χ3n) is 3.77. The van der Waals surface area contributed by atoms with Crippen LogP contribution in [0.3, 0.4) is 0 Å². The van der Waals surface area contributed by atoms with Crippen LogP contribution in [0.25, 0.3) is 11.1 Å². The van der Waals surface area contributed by atoms with Crippen LogP contribution in [0.4, 0.5) is 0 Å². The van der Waals surface area contributed by atoms with E-state index < -0.39 is 0 Å². The Bertz CT molecular complexity index is 656. The molecule has 3 heteroatoms. The summed E-state index contributed by atoms with van der Waals surface area (Å²) in [6.45, 7) is 1.21. The maximum atomic E-state index is 8.88. The normalized spacial score (nSPS) is 17.3. The van der Waals surface area contributed by atoms with Crippen LogP contribution in [0, 0.1) is 11.3 Å². The number of nitrogens with zero attached hydrogens (tertiary/aromatic N) is 1. The van der Waals surface area contributed by atoms with E-state index in [9.17, 15) is 0 Å². The van der Waals surface area contributed by atoms with Crippen LogP contribution in [-0.4, -0.2) is 13.2 Å². The molecule has 100 valence electrons. The van der Waals surface area contributed by atoms with E-state index in [4.69, 9.17) is 15.7 Å². The second kappa shape index (κ2) is 5.46. The van der Waals surface area contributed by atoms with Crippen molar-refractivity contribution in [2.24, 2.45) is 5.73 Å². The predicted octanol–water partition coefficient (Wildman–Crippen LogP) is 2.80. The predicted molar refractivity (Wildman–Crippen MR) is 78.0 cm³/mol. The molecule has 1 heterocycles. The van der Waals surface area contributed by atoms with Gasteiger partial charge in [0.25, 0.3) is 0 Å². The maximum Gasteiger partial charge on any atom is 0.0991 e. The molecule has 0 saturated carbocycles. The third kappa shape index (κ3) is 2.20. The Labute approximate surface area is 118 Å². The van der Waals surface area contributed by atoms with Crippen molar-refractivity contribution in [1.29, 1.82) is 5.26 Å². The first-order valence-electron chi connectivity index (χ1n) is 6.77. The van der Waals surface area contributed by atoms with Crippen molar-refractivity contribution >= 4 is 0 Å². The number of hydrogen-bond donors (Lipinski definition) is 1. The first-order valence-corrected chi connectivity index (χ1v) is 6.77. The van der Waals surface area contributed by atoms with Crippen molar-refractivity contribution in [1.82, 2.24) is 0 Å². The van der Waals surface area contributed by atoms with Gasteiger partial charge in [0.1, 0.15) is 0 Å². The molecule has 0 saturated heterocycles. The summed E-state index contributed by atoms with van der Waals surface area (Å²) in [7, 11) is 0. The van der Waals surface area contributed by atoms with Gasteiger partial charge in [-0.3, -0.25) is 0 Å². The molecular formula is C17H16N2O. The number of fused-ring (bicyclic) bond motifs is 1. The largest absolute Gasteiger partial charge is 0.372 e. The van der Waals surface area contributed by atoms with Crippen LogP contribution in [-0.2, 0) is 11.2 Å². The number of ether oxygens (including phenoxy) is 1. The van der Waals surface area contributed by atoms with Gasteiger partial charge in [0.05, 0.1) is 24.3 Å². The fourth-order valence-corrected chi connectivity index (χ4v) is 2.77. The van der Waals surface area contributed by atoms with Gasteiger partial charge in [-0.05, 0) is 40.8 Å². The Morgan fingerprint density at radius 2 is 2.00 bits per heavy atom. The van der Waals surface area contributed by atoms with Gasteiger partial charge in [0, 0.05) is 6.54 Å². The minimum atomic E-state index is -0.00270. The summed E-state index contributed by atoms with van der Waals surface area (Å²) in [4.78, 5) is 0. The van der Waals surface area contributed by atoms with Crippen LogP contribution in [0.5, 0.6) is 0 Å². The molecule has 0 amide bonds. The van der Waals surface area contributed by atoms with Gasteiger partial charge < -0.3 is 10.5 Å². The quantitative estimate of drug-likeness (QED) is 0.907. The monoisotopic (exact) mass is 264 g/mol. The average molecular weight is 264 g/mol. The standard InChI is InChI=1S/C17H16N2O/c18-10-12-4-6-13(7-5-12)14-2-1-3-16-15(14)8-9-20-17(16)11-19/h1-7,17H,8-9,11,19H2/t17-/m0/s1. The lowest BCUT2D eigenvalue weighted by Gasteiger charge is -2.27. The van der Waals surface area contributed by atoms with E-state index in [1.807, 2.05) is 30.3 Å². The second-order valence-corrected chi connectivity index (χ2v) is 4.91. The molecule has 1 aliphatic heterocycles. The molecule has 1 aliphatic rings. The van der Waals surface area contributed by atoms with Crippen molar-refractivity contribution in [3.05, 3.63) is 59.2 Å². The van der Waals surface area contributed by atoms with Gasteiger partial charge in [0.2, 0.25) is 0 Å². The molecule has 0 fully saturated rings. The van der Waals surface area contributed by atoms with E-state index in [-0.39, 0.29) is 6.10 Å². The minimum absolute atomic E-state index is 0.00270. The topological polar surface area (TPSA) is 59.0 Å². The Kier molecular flexibility index (Phi) is 3.51. The van der Waals surface area contributed by atoms with E-state index in [1.54, 1.807) is 0 Å². The molecule has 0 aromatic heterocycles. The van der Waals surface area contributed by atoms with Crippen LogP contribution < -0.4 is 5.73 Å². The van der Waals surface area contributed by atoms with Crippen molar-refractivity contribution < 1.29 is 4.74 Å². The van der Waals surface area contributed by atoms with E-state index in [0.717, 1.165) is 12.0 Å². The maximum absolute atomic E-state index is 8.88. The highest BCUT2D eigenvalue weighted by atomic mass is 16.5. The molecule has 0 unspecified atom stereocenters. The molecule has 2 aromatic rings. The molecular weight excluding hydrogens is 248 g/mol. The summed E-state index contributed by atoms with van der Waals surface area (Å²) >= 11 is 0. The van der Waals surface area contributed by atoms with Crippen molar-refractivity contribution in [3.8, 4) is 17.2 Å². The summed E-state index contributed by atoms with van der Waals surface area (Å²) in [6.07, 6.45) is 0.902. The summed E-state index contributed by atoms with van der Waals surface area (Å²) in [6, 6.07) is 16.1. The zero-order chi connectivity index (χ0) is 13.9. The van der Waals surface area contributed by atoms with Crippen LogP contribution >= 0.6 is 0 Å². The summed E-state index contributed by atoms with van der Waals surface area (Å²) in [5, 5.41) is 8.88. The molecule has 1 atom stereocenters. The molecule has 0 bridgehead atoms. The van der Waals surface area contributed by atoms with Gasteiger partial charge in [-0.1, -0.05) is 30.3 Å². The fourth-order valence-electron chi connectivity index (χ4n) is 2.77. The smallest absolute Gasteiger partial charge is 0.0991 e. The van der Waals surface area contributed by atoms with Crippen LogP contribution in [0.15, 0.2) is 42.5 Å². The van der Waals surface area contributed by atoms with Gasteiger partial charge in [0.15, 0.2) is 0 Å². The number of benzene rings is 2. The van der Waals surface area contributed by atoms with Crippen molar-refractivity contribution in [2.75, 3.05) is 13.2 Å². The lowest BCUT2D eigenvalue weighted by molar-refractivity contribution is 0.0486. The molecule has 3 nitrogen and oxygen atoms in total.